The van der Waals surface area contributed by atoms with Crippen LogP contribution in [0.25, 0.3) is 0 Å². The van der Waals surface area contributed by atoms with Gasteiger partial charge in [-0.25, -0.2) is 4.57 Å². The smallest absolute Gasteiger partial charge is 0.472 e. The van der Waals surface area contributed by atoms with Gasteiger partial charge in [-0.05, 0) is 32.1 Å². The number of allylic oxidation sites excluding steroid dienone is 9. The van der Waals surface area contributed by atoms with E-state index in [-0.39, 0.29) is 6.42 Å². The Labute approximate surface area is 207 Å². The summed E-state index contributed by atoms with van der Waals surface area (Å²) in [5.41, 5.74) is 5.14. The highest BCUT2D eigenvalue weighted by molar-refractivity contribution is 7.47. The number of carbonyl (C=O) groups excluding carboxylic acids is 1. The van der Waals surface area contributed by atoms with Crippen molar-refractivity contribution in [2.75, 3.05) is 19.8 Å². The van der Waals surface area contributed by atoms with Crippen molar-refractivity contribution < 1.29 is 43.0 Å². The zero-order chi connectivity index (χ0) is 26.4. The van der Waals surface area contributed by atoms with Crippen molar-refractivity contribution in [3.05, 3.63) is 60.8 Å². The third-order valence-electron chi connectivity index (χ3n) is 4.04. The maximum absolute atomic E-state index is 11.7. The van der Waals surface area contributed by atoms with E-state index in [2.05, 4.69) is 52.4 Å². The Morgan fingerprint density at radius 2 is 1.29 bits per heavy atom. The minimum absolute atomic E-state index is 0.00970. The van der Waals surface area contributed by atoms with Crippen LogP contribution >= 0.6 is 7.82 Å². The Morgan fingerprint density at radius 1 is 0.829 bits per heavy atom. The minimum atomic E-state index is -4.60. The van der Waals surface area contributed by atoms with Gasteiger partial charge in [0.1, 0.15) is 18.8 Å². The summed E-state index contributed by atoms with van der Waals surface area (Å²) in [7, 11) is -4.60. The number of phosphoric ester groups is 1. The van der Waals surface area contributed by atoms with Gasteiger partial charge < -0.3 is 25.6 Å². The molecule has 0 fully saturated rings. The Kier molecular flexibility index (Phi) is 19.6. The van der Waals surface area contributed by atoms with Crippen LogP contribution in [0.15, 0.2) is 60.8 Å². The molecule has 0 heterocycles. The maximum Gasteiger partial charge on any atom is 0.472 e. The predicted molar refractivity (Wildman–Crippen MR) is 133 cm³/mol. The summed E-state index contributed by atoms with van der Waals surface area (Å²) < 4.78 is 25.3. The molecule has 0 aromatic rings. The molecule has 0 spiro atoms. The number of hydrogen-bond donors (Lipinski definition) is 4. The number of rotatable bonds is 20. The van der Waals surface area contributed by atoms with Crippen LogP contribution in [0.5, 0.6) is 0 Å². The summed E-state index contributed by atoms with van der Waals surface area (Å²) in [6, 6.07) is -1.50. The number of carboxylic acids is 1. The van der Waals surface area contributed by atoms with Crippen molar-refractivity contribution in [2.24, 2.45) is 5.73 Å². The molecule has 3 unspecified atom stereocenters. The number of phosphoric acid groups is 1. The third kappa shape index (κ3) is 21.9. The number of ether oxygens (including phenoxy) is 1. The Balaban J connectivity index is 3.89. The molecule has 0 radical (unpaired) electrons. The van der Waals surface area contributed by atoms with E-state index in [0.717, 1.165) is 25.7 Å². The van der Waals surface area contributed by atoms with Crippen molar-refractivity contribution >= 4 is 19.8 Å². The SMILES string of the molecule is CC/C=C\C/C=C\C/C=C\C/C=C\C/C=C\CC(=O)OCC(O)COP(=O)(O)OCC(N)C(=O)O. The van der Waals surface area contributed by atoms with E-state index in [0.29, 0.717) is 6.42 Å². The topological polar surface area (TPSA) is 166 Å². The first-order valence-corrected chi connectivity index (χ1v) is 12.9. The highest BCUT2D eigenvalue weighted by Gasteiger charge is 2.26. The molecule has 0 amide bonds. The summed E-state index contributed by atoms with van der Waals surface area (Å²) in [6.45, 7) is 0.255. The van der Waals surface area contributed by atoms with Gasteiger partial charge in [0.2, 0.25) is 0 Å². The van der Waals surface area contributed by atoms with E-state index >= 15 is 0 Å². The lowest BCUT2D eigenvalue weighted by Gasteiger charge is -2.16. The molecule has 10 nitrogen and oxygen atoms in total. The number of aliphatic hydroxyl groups excluding tert-OH is 1. The van der Waals surface area contributed by atoms with Gasteiger partial charge in [0, 0.05) is 0 Å². The summed E-state index contributed by atoms with van der Waals surface area (Å²) in [5, 5.41) is 18.3. The van der Waals surface area contributed by atoms with Crippen LogP contribution < -0.4 is 5.73 Å². The van der Waals surface area contributed by atoms with Gasteiger partial charge in [0.25, 0.3) is 0 Å². The average Bonchev–Trinajstić information content (AvgIpc) is 2.82. The molecular weight excluding hydrogens is 477 g/mol. The highest BCUT2D eigenvalue weighted by atomic mass is 31.2. The molecule has 0 aromatic carbocycles. The molecule has 0 aromatic heterocycles. The van der Waals surface area contributed by atoms with E-state index in [4.69, 9.17) is 15.6 Å². The molecule has 0 aliphatic heterocycles. The van der Waals surface area contributed by atoms with E-state index in [1.54, 1.807) is 6.08 Å². The average molecular weight is 516 g/mol. The molecule has 198 valence electrons. The molecule has 11 heteroatoms. The lowest BCUT2D eigenvalue weighted by Crippen LogP contribution is -2.34. The minimum Gasteiger partial charge on any atom is -0.480 e. The fourth-order valence-electron chi connectivity index (χ4n) is 2.19. The fourth-order valence-corrected chi connectivity index (χ4v) is 2.97. The molecular formula is C24H38NO9P. The van der Waals surface area contributed by atoms with Crippen LogP contribution in [-0.4, -0.2) is 59.0 Å². The van der Waals surface area contributed by atoms with Gasteiger partial charge >= 0.3 is 19.8 Å². The lowest BCUT2D eigenvalue weighted by atomic mass is 10.2. The van der Waals surface area contributed by atoms with Crippen LogP contribution in [0, 0.1) is 0 Å². The van der Waals surface area contributed by atoms with E-state index in [9.17, 15) is 24.2 Å². The summed E-state index contributed by atoms with van der Waals surface area (Å²) in [6.07, 6.45) is 23.3. The van der Waals surface area contributed by atoms with Crippen molar-refractivity contribution in [2.45, 2.75) is 57.6 Å². The number of hydrogen-bond acceptors (Lipinski definition) is 8. The molecule has 0 aliphatic carbocycles. The van der Waals surface area contributed by atoms with Crippen LogP contribution in [0.1, 0.15) is 45.4 Å². The fraction of sp³-hybridized carbons (Fsp3) is 0.500. The molecule has 3 atom stereocenters. The normalized spacial score (nSPS) is 16.0. The zero-order valence-electron chi connectivity index (χ0n) is 20.1. The number of nitrogens with two attached hydrogens (primary N) is 1. The van der Waals surface area contributed by atoms with Crippen LogP contribution in [-0.2, 0) is 27.9 Å². The van der Waals surface area contributed by atoms with Gasteiger partial charge in [-0.1, -0.05) is 67.7 Å². The van der Waals surface area contributed by atoms with Crippen molar-refractivity contribution in [3.8, 4) is 0 Å². The number of aliphatic carboxylic acids is 1. The second-order valence-corrected chi connectivity index (χ2v) is 8.71. The van der Waals surface area contributed by atoms with Crippen LogP contribution in [0.2, 0.25) is 0 Å². The maximum atomic E-state index is 11.7. The standard InChI is InChI=1S/C24H38NO9P/c1-2-3-4-5-6-7-8-9-10-11-12-13-14-15-16-17-23(27)32-18-21(26)19-33-35(30,31)34-20-22(25)24(28)29/h3-4,6-7,9-10,12-13,15-16,21-22,26H,2,5,8,11,14,17-20,25H2,1H3,(H,28,29)(H,30,31)/b4-3-,7-6-,10-9-,13-12-,16-15-. The van der Waals surface area contributed by atoms with Gasteiger partial charge in [0.15, 0.2) is 0 Å². The molecule has 0 aliphatic rings. The number of carboxylic acid groups (broad SMARTS) is 1. The van der Waals surface area contributed by atoms with E-state index < -0.39 is 51.7 Å². The van der Waals surface area contributed by atoms with Crippen molar-refractivity contribution in [3.63, 3.8) is 0 Å². The Hall–Kier alpha value is -2.33. The molecule has 0 saturated heterocycles. The first-order valence-electron chi connectivity index (χ1n) is 11.4. The Morgan fingerprint density at radius 3 is 1.77 bits per heavy atom. The first-order chi connectivity index (χ1) is 16.7. The van der Waals surface area contributed by atoms with Gasteiger partial charge in [0.05, 0.1) is 19.6 Å². The monoisotopic (exact) mass is 515 g/mol. The molecule has 5 N–H and O–H groups in total. The third-order valence-corrected chi connectivity index (χ3v) is 4.99. The van der Waals surface area contributed by atoms with Crippen molar-refractivity contribution in [1.82, 2.24) is 0 Å². The number of esters is 1. The van der Waals surface area contributed by atoms with E-state index in [1.807, 2.05) is 18.2 Å². The predicted octanol–water partition coefficient (Wildman–Crippen LogP) is 3.58. The van der Waals surface area contributed by atoms with Crippen molar-refractivity contribution in [1.29, 1.82) is 0 Å². The second kappa shape index (κ2) is 21.0. The molecule has 35 heavy (non-hydrogen) atoms. The second-order valence-electron chi connectivity index (χ2n) is 7.25. The summed E-state index contributed by atoms with van der Waals surface area (Å²) >= 11 is 0. The number of aliphatic hydroxyl groups is 1. The van der Waals surface area contributed by atoms with Gasteiger partial charge in [-0.3, -0.25) is 18.6 Å². The quantitative estimate of drug-likeness (QED) is 0.107. The van der Waals surface area contributed by atoms with Crippen LogP contribution in [0.4, 0.5) is 0 Å². The van der Waals surface area contributed by atoms with Gasteiger partial charge in [-0.15, -0.1) is 0 Å². The molecule has 0 bridgehead atoms. The van der Waals surface area contributed by atoms with Gasteiger partial charge in [-0.2, -0.15) is 0 Å². The van der Waals surface area contributed by atoms with E-state index in [1.165, 1.54) is 0 Å². The van der Waals surface area contributed by atoms with Crippen LogP contribution in [0.3, 0.4) is 0 Å². The molecule has 0 saturated carbocycles. The lowest BCUT2D eigenvalue weighted by molar-refractivity contribution is -0.146. The zero-order valence-corrected chi connectivity index (χ0v) is 21.0. The largest absolute Gasteiger partial charge is 0.480 e. The summed E-state index contributed by atoms with van der Waals surface area (Å²) in [4.78, 5) is 31.6. The Bertz CT molecular complexity index is 790. The first kappa shape index (κ1) is 32.7. The molecule has 0 rings (SSSR count). The summed E-state index contributed by atoms with van der Waals surface area (Å²) in [5.74, 6) is -1.99. The number of carbonyl (C=O) groups is 2. The highest BCUT2D eigenvalue weighted by Crippen LogP contribution is 2.43.